The number of carboxylic acids is 1. The zero-order valence-electron chi connectivity index (χ0n) is 15.3. The molecule has 1 aliphatic heterocycles. The van der Waals surface area contributed by atoms with Gasteiger partial charge in [-0.1, -0.05) is 26.2 Å². The van der Waals surface area contributed by atoms with Crippen LogP contribution < -0.4 is 5.32 Å². The van der Waals surface area contributed by atoms with Crippen molar-refractivity contribution in [3.05, 3.63) is 21.9 Å². The van der Waals surface area contributed by atoms with E-state index >= 15 is 0 Å². The Kier molecular flexibility index (Phi) is 8.54. The Balaban J connectivity index is 1.91. The molecule has 0 spiro atoms. The minimum absolute atomic E-state index is 0.0124. The lowest BCUT2D eigenvalue weighted by Crippen LogP contribution is -2.30. The average molecular weight is 384 g/mol. The number of aliphatic hydroxyl groups is 1. The van der Waals surface area contributed by atoms with Gasteiger partial charge in [0.25, 0.3) is 0 Å². The van der Waals surface area contributed by atoms with Crippen LogP contribution in [0.15, 0.2) is 12.1 Å². The molecule has 0 saturated carbocycles. The lowest BCUT2D eigenvalue weighted by Gasteiger charge is -2.21. The Bertz CT molecular complexity index is 588. The summed E-state index contributed by atoms with van der Waals surface area (Å²) < 4.78 is 6.02. The molecule has 3 atom stereocenters. The van der Waals surface area contributed by atoms with E-state index in [-0.39, 0.29) is 29.0 Å². The minimum atomic E-state index is -0.942. The number of ether oxygens (including phenoxy) is 1. The Morgan fingerprint density at radius 1 is 1.35 bits per heavy atom. The van der Waals surface area contributed by atoms with Crippen molar-refractivity contribution in [1.29, 1.82) is 0 Å². The molecule has 26 heavy (non-hydrogen) atoms. The summed E-state index contributed by atoms with van der Waals surface area (Å²) in [4.78, 5) is 23.6. The second kappa shape index (κ2) is 10.6. The van der Waals surface area contributed by atoms with Crippen molar-refractivity contribution in [2.24, 2.45) is 0 Å². The van der Waals surface area contributed by atoms with E-state index in [0.29, 0.717) is 25.9 Å². The number of aliphatic hydroxyl groups excluding tert-OH is 1. The van der Waals surface area contributed by atoms with Crippen LogP contribution in [0, 0.1) is 0 Å². The number of thiophene rings is 1. The van der Waals surface area contributed by atoms with Crippen LogP contribution in [0.3, 0.4) is 0 Å². The Morgan fingerprint density at radius 2 is 2.15 bits per heavy atom. The molecule has 0 aromatic carbocycles. The summed E-state index contributed by atoms with van der Waals surface area (Å²) in [5, 5.41) is 22.2. The molecule has 0 bridgehead atoms. The molecule has 6 nitrogen and oxygen atoms in total. The van der Waals surface area contributed by atoms with Gasteiger partial charge in [-0.2, -0.15) is 0 Å². The number of amides is 1. The molecule has 1 aliphatic rings. The molecule has 1 aromatic heterocycles. The maximum absolute atomic E-state index is 11.3. The van der Waals surface area contributed by atoms with Gasteiger partial charge in [0.2, 0.25) is 5.91 Å². The lowest BCUT2D eigenvalue weighted by molar-refractivity contribution is -0.119. The van der Waals surface area contributed by atoms with Crippen molar-refractivity contribution in [2.45, 2.75) is 76.5 Å². The number of rotatable bonds is 12. The zero-order chi connectivity index (χ0) is 18.9. The van der Waals surface area contributed by atoms with Crippen molar-refractivity contribution in [2.75, 3.05) is 6.61 Å². The summed E-state index contributed by atoms with van der Waals surface area (Å²) in [6.45, 7) is 2.54. The average Bonchev–Trinajstić information content (AvgIpc) is 3.24. The van der Waals surface area contributed by atoms with Crippen LogP contribution in [0.25, 0.3) is 0 Å². The number of aromatic carboxylic acids is 1. The van der Waals surface area contributed by atoms with Crippen LogP contribution in [-0.4, -0.2) is 40.8 Å². The van der Waals surface area contributed by atoms with E-state index in [1.54, 1.807) is 12.1 Å². The molecule has 2 rings (SSSR count). The normalized spacial score (nSPS) is 19.3. The van der Waals surface area contributed by atoms with Gasteiger partial charge in [-0.3, -0.25) is 4.79 Å². The second-order valence-electron chi connectivity index (χ2n) is 6.86. The standard InChI is InChI=1S/C19H29NO5S/c1-2-3-4-5-14(21)7-8-15(16-9-10-17(26-16)19(23)24)25-12-13-6-11-18(22)20-13/h9-10,13-15,21H,2-8,11-12H2,1H3,(H,20,22)(H,23,24)/t13?,14-,15+/m0/s1. The highest BCUT2D eigenvalue weighted by molar-refractivity contribution is 7.14. The molecule has 146 valence electrons. The van der Waals surface area contributed by atoms with Crippen LogP contribution in [0.4, 0.5) is 0 Å². The van der Waals surface area contributed by atoms with Crippen molar-refractivity contribution in [3.63, 3.8) is 0 Å². The fourth-order valence-corrected chi connectivity index (χ4v) is 4.03. The summed E-state index contributed by atoms with van der Waals surface area (Å²) in [7, 11) is 0. The number of carbonyl (C=O) groups is 2. The molecule has 1 saturated heterocycles. The molecule has 1 unspecified atom stereocenters. The van der Waals surface area contributed by atoms with Gasteiger partial charge in [0.05, 0.1) is 24.9 Å². The number of carboxylic acid groups (broad SMARTS) is 1. The monoisotopic (exact) mass is 383 g/mol. The smallest absolute Gasteiger partial charge is 0.345 e. The number of hydrogen-bond donors (Lipinski definition) is 3. The van der Waals surface area contributed by atoms with Crippen LogP contribution in [0.5, 0.6) is 0 Å². The lowest BCUT2D eigenvalue weighted by atomic mass is 10.0. The SMILES string of the molecule is CCCCC[C@H](O)CC[C@@H](OCC1CCC(=O)N1)c1ccc(C(=O)O)s1. The van der Waals surface area contributed by atoms with E-state index < -0.39 is 5.97 Å². The third-order valence-corrected chi connectivity index (χ3v) is 5.81. The van der Waals surface area contributed by atoms with Gasteiger partial charge >= 0.3 is 5.97 Å². The molecule has 2 heterocycles. The van der Waals surface area contributed by atoms with Gasteiger partial charge < -0.3 is 20.3 Å². The summed E-state index contributed by atoms with van der Waals surface area (Å²) >= 11 is 1.21. The van der Waals surface area contributed by atoms with Gasteiger partial charge in [0.1, 0.15) is 4.88 Å². The quantitative estimate of drug-likeness (QED) is 0.480. The van der Waals surface area contributed by atoms with Crippen molar-refractivity contribution in [1.82, 2.24) is 5.32 Å². The number of carbonyl (C=O) groups excluding carboxylic acids is 1. The number of nitrogens with one attached hydrogen (secondary N) is 1. The van der Waals surface area contributed by atoms with Gasteiger partial charge in [0.15, 0.2) is 0 Å². The van der Waals surface area contributed by atoms with Crippen LogP contribution in [0.2, 0.25) is 0 Å². The van der Waals surface area contributed by atoms with E-state index in [1.807, 2.05) is 0 Å². The topological polar surface area (TPSA) is 95.9 Å². The first-order chi connectivity index (χ1) is 12.5. The molecule has 7 heteroatoms. The highest BCUT2D eigenvalue weighted by Gasteiger charge is 2.24. The zero-order valence-corrected chi connectivity index (χ0v) is 16.1. The van der Waals surface area contributed by atoms with E-state index in [2.05, 4.69) is 12.2 Å². The maximum Gasteiger partial charge on any atom is 0.345 e. The highest BCUT2D eigenvalue weighted by Crippen LogP contribution is 2.31. The predicted molar refractivity (Wildman–Crippen MR) is 101 cm³/mol. The van der Waals surface area contributed by atoms with E-state index in [9.17, 15) is 14.7 Å². The summed E-state index contributed by atoms with van der Waals surface area (Å²) in [5.41, 5.74) is 0. The first-order valence-corrected chi connectivity index (χ1v) is 10.2. The van der Waals surface area contributed by atoms with Crippen LogP contribution in [-0.2, 0) is 9.53 Å². The molecule has 0 aliphatic carbocycles. The van der Waals surface area contributed by atoms with Gasteiger partial charge in [-0.25, -0.2) is 4.79 Å². The van der Waals surface area contributed by atoms with E-state index in [1.165, 1.54) is 11.3 Å². The molecule has 1 fully saturated rings. The van der Waals surface area contributed by atoms with Crippen molar-refractivity contribution in [3.8, 4) is 0 Å². The Labute approximate surface area is 158 Å². The third-order valence-electron chi connectivity index (χ3n) is 4.64. The van der Waals surface area contributed by atoms with Crippen LogP contribution >= 0.6 is 11.3 Å². The Hall–Kier alpha value is -1.44. The van der Waals surface area contributed by atoms with Gasteiger partial charge in [0, 0.05) is 11.3 Å². The van der Waals surface area contributed by atoms with E-state index in [4.69, 9.17) is 9.84 Å². The van der Waals surface area contributed by atoms with Gasteiger partial charge in [-0.15, -0.1) is 11.3 Å². The summed E-state index contributed by atoms with van der Waals surface area (Å²) in [5.74, 6) is -0.895. The largest absolute Gasteiger partial charge is 0.477 e. The first-order valence-electron chi connectivity index (χ1n) is 9.41. The highest BCUT2D eigenvalue weighted by atomic mass is 32.1. The van der Waals surface area contributed by atoms with Gasteiger partial charge in [-0.05, 0) is 37.8 Å². The van der Waals surface area contributed by atoms with Crippen molar-refractivity contribution >= 4 is 23.2 Å². The van der Waals surface area contributed by atoms with E-state index in [0.717, 1.165) is 37.0 Å². The predicted octanol–water partition coefficient (Wildman–Crippen LogP) is 3.50. The summed E-state index contributed by atoms with van der Waals surface area (Å²) in [6, 6.07) is 3.39. The third kappa shape index (κ3) is 6.70. The molecular weight excluding hydrogens is 354 g/mol. The maximum atomic E-state index is 11.3. The fourth-order valence-electron chi connectivity index (χ4n) is 3.10. The van der Waals surface area contributed by atoms with Crippen LogP contribution in [0.1, 0.15) is 78.9 Å². The molecular formula is C19H29NO5S. The van der Waals surface area contributed by atoms with Crippen molar-refractivity contribution < 1.29 is 24.5 Å². The fraction of sp³-hybridized carbons (Fsp3) is 0.684. The molecule has 1 amide bonds. The number of unbranched alkanes of at least 4 members (excludes halogenated alkanes) is 2. The molecule has 0 radical (unpaired) electrons. The molecule has 3 N–H and O–H groups in total. The molecule has 1 aromatic rings. The Morgan fingerprint density at radius 3 is 2.77 bits per heavy atom. The minimum Gasteiger partial charge on any atom is -0.477 e. The summed E-state index contributed by atoms with van der Waals surface area (Å²) in [6.07, 6.45) is 5.95. The number of hydrogen-bond acceptors (Lipinski definition) is 5. The first kappa shape index (κ1) is 20.9. The second-order valence-corrected chi connectivity index (χ2v) is 7.97.